The molecule has 262 valence electrons. The topological polar surface area (TPSA) is 52.9 Å². The predicted molar refractivity (Wildman–Crippen MR) is 230 cm³/mol. The molecule has 0 aliphatic carbocycles. The van der Waals surface area contributed by atoms with Crippen LogP contribution in [0.4, 0.5) is 0 Å². The molecule has 9 heterocycles. The predicted octanol–water partition coefficient (Wildman–Crippen LogP) is 9.26. The highest BCUT2D eigenvalue weighted by Crippen LogP contribution is 2.49. The van der Waals surface area contributed by atoms with Crippen LogP contribution in [0.1, 0.15) is 58.2 Å². The molecule has 2 aliphatic rings. The molecule has 0 unspecified atom stereocenters. The summed E-state index contributed by atoms with van der Waals surface area (Å²) in [5.41, 5.74) is 20.8. The van der Waals surface area contributed by atoms with E-state index in [1.54, 1.807) is 0 Å². The van der Waals surface area contributed by atoms with E-state index in [9.17, 15) is 0 Å². The lowest BCUT2D eigenvalue weighted by Crippen LogP contribution is -2.59. The smallest absolute Gasteiger partial charge is 0.252 e. The monoisotopic (exact) mass is 708 g/mol. The average Bonchev–Trinajstić information content (AvgIpc) is 3.89. The van der Waals surface area contributed by atoms with Gasteiger partial charge in [0.2, 0.25) is 0 Å². The van der Waals surface area contributed by atoms with Crippen LogP contribution in [-0.2, 0) is 10.8 Å². The fourth-order valence-electron chi connectivity index (χ4n) is 10.6. The van der Waals surface area contributed by atoms with Crippen LogP contribution >= 0.6 is 0 Å². The van der Waals surface area contributed by atoms with Crippen molar-refractivity contribution in [1.82, 2.24) is 28.5 Å². The summed E-state index contributed by atoms with van der Waals surface area (Å²) in [6.45, 7) is 16.0. The molecule has 0 saturated heterocycles. The Morgan fingerprint density at radius 3 is 1.73 bits per heavy atom. The molecule has 0 amide bonds. The summed E-state index contributed by atoms with van der Waals surface area (Å²) >= 11 is 0. The number of benzene rings is 4. The van der Waals surface area contributed by atoms with E-state index in [-0.39, 0.29) is 17.5 Å². The molecule has 0 radical (unpaired) electrons. The lowest BCUT2D eigenvalue weighted by molar-refractivity contribution is 0.591. The molecule has 11 aromatic rings. The van der Waals surface area contributed by atoms with E-state index in [2.05, 4.69) is 141 Å². The minimum Gasteiger partial charge on any atom is -0.308 e. The standard InChI is InChI=1S/C48H37BN6/c1-24-8-11-34-29(20-24)40-42-31(15-18-51-40)49-32-16-19-52-41-30-22-26(48(5,6)7)10-13-35(30)55(43(32)41)45-37-27-14-17-50-23-36(27)53-33-12-9-25(47(2,3)4)21-28(33)38(44(37)53)46(39(45)49)54(34)42/h8-23H,1-7H3. The van der Waals surface area contributed by atoms with Crippen LogP contribution in [0.3, 0.4) is 0 Å². The molecule has 0 spiro atoms. The average molecular weight is 709 g/mol. The van der Waals surface area contributed by atoms with Gasteiger partial charge < -0.3 is 13.5 Å². The highest BCUT2D eigenvalue weighted by molar-refractivity contribution is 7.00. The van der Waals surface area contributed by atoms with Crippen LogP contribution in [-0.4, -0.2) is 35.2 Å². The van der Waals surface area contributed by atoms with Gasteiger partial charge in [0.25, 0.3) is 6.71 Å². The molecule has 0 atom stereocenters. The van der Waals surface area contributed by atoms with E-state index in [1.165, 1.54) is 110 Å². The molecular weight excluding hydrogens is 671 g/mol. The van der Waals surface area contributed by atoms with Crippen molar-refractivity contribution in [2.75, 3.05) is 0 Å². The number of pyridine rings is 3. The lowest BCUT2D eigenvalue weighted by Gasteiger charge is -2.34. The van der Waals surface area contributed by atoms with Gasteiger partial charge in [-0.1, -0.05) is 65.3 Å². The Labute approximate surface area is 317 Å². The number of fused-ring (bicyclic) bond motifs is 18. The molecule has 0 saturated carbocycles. The van der Waals surface area contributed by atoms with Crippen molar-refractivity contribution in [3.63, 3.8) is 0 Å². The zero-order valence-electron chi connectivity index (χ0n) is 32.0. The Kier molecular flexibility index (Phi) is 5.13. The van der Waals surface area contributed by atoms with Gasteiger partial charge in [0, 0.05) is 50.9 Å². The Hall–Kier alpha value is -6.21. The van der Waals surface area contributed by atoms with Crippen LogP contribution < -0.4 is 16.4 Å². The first kappa shape index (κ1) is 30.2. The van der Waals surface area contributed by atoms with E-state index in [0.717, 1.165) is 16.6 Å². The first-order valence-corrected chi connectivity index (χ1v) is 19.5. The maximum atomic E-state index is 5.20. The number of hydrogen-bond donors (Lipinski definition) is 0. The van der Waals surface area contributed by atoms with E-state index in [0.29, 0.717) is 0 Å². The summed E-state index contributed by atoms with van der Waals surface area (Å²) in [7, 11) is 0. The van der Waals surface area contributed by atoms with Crippen molar-refractivity contribution in [3.8, 4) is 11.4 Å². The van der Waals surface area contributed by atoms with Gasteiger partial charge >= 0.3 is 0 Å². The van der Waals surface area contributed by atoms with Crippen molar-refractivity contribution < 1.29 is 0 Å². The second-order valence-corrected chi connectivity index (χ2v) is 18.2. The zero-order valence-corrected chi connectivity index (χ0v) is 32.0. The minimum atomic E-state index is -0.0199. The van der Waals surface area contributed by atoms with Crippen molar-refractivity contribution in [2.45, 2.75) is 59.3 Å². The third-order valence-electron chi connectivity index (χ3n) is 13.1. The molecule has 0 fully saturated rings. The Morgan fingerprint density at radius 2 is 1.09 bits per heavy atom. The van der Waals surface area contributed by atoms with Crippen LogP contribution in [0.2, 0.25) is 0 Å². The van der Waals surface area contributed by atoms with Crippen LogP contribution in [0.5, 0.6) is 0 Å². The Bertz CT molecular complexity index is 3580. The molecule has 0 N–H and O–H groups in total. The van der Waals surface area contributed by atoms with Gasteiger partial charge in [-0.05, 0) is 99.9 Å². The Morgan fingerprint density at radius 1 is 0.527 bits per heavy atom. The van der Waals surface area contributed by atoms with Crippen molar-refractivity contribution in [2.24, 2.45) is 0 Å². The van der Waals surface area contributed by atoms with Gasteiger partial charge in [0.05, 0.1) is 67.2 Å². The third-order valence-corrected chi connectivity index (χ3v) is 13.1. The number of hydrogen-bond acceptors (Lipinski definition) is 3. The van der Waals surface area contributed by atoms with Crippen LogP contribution in [0.15, 0.2) is 97.6 Å². The number of aryl methyl sites for hydroxylation is 1. The van der Waals surface area contributed by atoms with E-state index < -0.39 is 0 Å². The summed E-state index contributed by atoms with van der Waals surface area (Å²) in [5.74, 6) is 0. The molecule has 0 bridgehead atoms. The summed E-state index contributed by atoms with van der Waals surface area (Å²) < 4.78 is 7.68. The van der Waals surface area contributed by atoms with Gasteiger partial charge in [-0.15, -0.1) is 0 Å². The Balaban J connectivity index is 1.38. The highest BCUT2D eigenvalue weighted by Gasteiger charge is 2.44. The summed E-state index contributed by atoms with van der Waals surface area (Å²) in [4.78, 5) is 15.1. The third kappa shape index (κ3) is 3.40. The molecule has 2 aliphatic heterocycles. The van der Waals surface area contributed by atoms with Crippen LogP contribution in [0, 0.1) is 6.92 Å². The SMILES string of the molecule is Cc1ccc2c(c1)c1nccc3c1n2-c1c2c(c4c5ccncc5n5c6ccc(C(C)(C)C)cc6c1c45)-n1c4ccc(C(C)(C)C)cc4c4nccc(c41)B23. The number of aromatic nitrogens is 6. The fourth-order valence-corrected chi connectivity index (χ4v) is 10.6. The molecule has 7 aromatic heterocycles. The van der Waals surface area contributed by atoms with E-state index in [1.807, 2.05) is 18.6 Å². The van der Waals surface area contributed by atoms with Gasteiger partial charge in [-0.25, -0.2) is 0 Å². The summed E-state index contributed by atoms with van der Waals surface area (Å²) in [6.07, 6.45) is 8.11. The lowest BCUT2D eigenvalue weighted by atomic mass is 9.34. The molecule has 55 heavy (non-hydrogen) atoms. The number of rotatable bonds is 0. The largest absolute Gasteiger partial charge is 0.308 e. The second-order valence-electron chi connectivity index (χ2n) is 18.2. The molecule has 13 rings (SSSR count). The summed E-state index contributed by atoms with van der Waals surface area (Å²) in [6, 6.07) is 27.9. The molecular formula is C48H37BN6. The minimum absolute atomic E-state index is 0.00154. The maximum absolute atomic E-state index is 5.20. The molecule has 6 nitrogen and oxygen atoms in total. The van der Waals surface area contributed by atoms with Gasteiger partial charge in [-0.2, -0.15) is 0 Å². The van der Waals surface area contributed by atoms with Crippen molar-refractivity contribution >= 4 is 105 Å². The van der Waals surface area contributed by atoms with E-state index in [4.69, 9.17) is 15.0 Å². The maximum Gasteiger partial charge on any atom is 0.252 e. The highest BCUT2D eigenvalue weighted by atomic mass is 15.1. The van der Waals surface area contributed by atoms with Gasteiger partial charge in [0.1, 0.15) is 0 Å². The second kappa shape index (κ2) is 9.35. The number of nitrogens with zero attached hydrogens (tertiary/aromatic N) is 6. The molecule has 7 heteroatoms. The first-order valence-electron chi connectivity index (χ1n) is 19.5. The summed E-state index contributed by atoms with van der Waals surface area (Å²) in [5, 5.41) is 7.47. The molecule has 4 aromatic carbocycles. The van der Waals surface area contributed by atoms with E-state index >= 15 is 0 Å². The van der Waals surface area contributed by atoms with Crippen LogP contribution in [0.25, 0.3) is 93.3 Å². The van der Waals surface area contributed by atoms with Gasteiger partial charge in [-0.3, -0.25) is 15.0 Å². The quantitative estimate of drug-likeness (QED) is 0.148. The van der Waals surface area contributed by atoms with Crippen molar-refractivity contribution in [3.05, 3.63) is 114 Å². The zero-order chi connectivity index (χ0) is 37.0. The van der Waals surface area contributed by atoms with Gasteiger partial charge in [0.15, 0.2) is 0 Å². The fraction of sp³-hybridized carbons (Fsp3) is 0.188. The first-order chi connectivity index (χ1) is 26.5. The van der Waals surface area contributed by atoms with Crippen molar-refractivity contribution in [1.29, 1.82) is 0 Å². The normalized spacial score (nSPS) is 14.1.